The van der Waals surface area contributed by atoms with E-state index in [2.05, 4.69) is 31.2 Å². The van der Waals surface area contributed by atoms with Crippen LogP contribution in [-0.2, 0) is 0 Å². The van der Waals surface area contributed by atoms with Gasteiger partial charge in [0.1, 0.15) is 24.2 Å². The number of nitrogens with one attached hydrogen (secondary N) is 1. The number of ether oxygens (including phenoxy) is 1. The van der Waals surface area contributed by atoms with Gasteiger partial charge in [-0.25, -0.2) is 0 Å². The summed E-state index contributed by atoms with van der Waals surface area (Å²) in [7, 11) is 0. The number of rotatable bonds is 7. The van der Waals surface area contributed by atoms with Crippen LogP contribution in [-0.4, -0.2) is 35.1 Å². The highest BCUT2D eigenvalue weighted by Gasteiger charge is 2.13. The van der Waals surface area contributed by atoms with Gasteiger partial charge in [0.25, 0.3) is 0 Å². The molecule has 2 aromatic rings. The van der Waals surface area contributed by atoms with E-state index in [9.17, 15) is 5.11 Å². The Balaban J connectivity index is 2.01. The minimum atomic E-state index is -0.571. The minimum Gasteiger partial charge on any atom is -0.490 e. The zero-order valence-corrected chi connectivity index (χ0v) is 15.7. The van der Waals surface area contributed by atoms with Crippen molar-refractivity contribution in [2.45, 2.75) is 46.3 Å². The summed E-state index contributed by atoms with van der Waals surface area (Å²) in [6.07, 6.45) is 3.38. The summed E-state index contributed by atoms with van der Waals surface area (Å²) in [5, 5.41) is 17.3. The number of aryl methyl sites for hydroxylation is 2. The molecule has 0 saturated carbocycles. The Morgan fingerprint density at radius 1 is 1.24 bits per heavy atom. The second-order valence-corrected chi connectivity index (χ2v) is 7.20. The summed E-state index contributed by atoms with van der Waals surface area (Å²) < 4.78 is 11.0. The van der Waals surface area contributed by atoms with Gasteiger partial charge in [-0.2, -0.15) is 0 Å². The number of hydrogen-bond donors (Lipinski definition) is 2. The maximum Gasteiger partial charge on any atom is 0.141 e. The molecule has 0 aliphatic carbocycles. The number of nitrogens with zero attached hydrogens (tertiary/aromatic N) is 1. The molecule has 136 valence electrons. The highest BCUT2D eigenvalue weighted by atomic mass is 16.5. The van der Waals surface area contributed by atoms with Crippen LogP contribution in [0.25, 0.3) is 12.2 Å². The first-order valence-corrected chi connectivity index (χ1v) is 8.52. The smallest absolute Gasteiger partial charge is 0.141 e. The summed E-state index contributed by atoms with van der Waals surface area (Å²) in [5.41, 5.74) is 2.74. The highest BCUT2D eigenvalue weighted by molar-refractivity contribution is 5.73. The summed E-state index contributed by atoms with van der Waals surface area (Å²) in [6.45, 7) is 10.7. The van der Waals surface area contributed by atoms with Crippen molar-refractivity contribution in [3.8, 4) is 5.75 Å². The van der Waals surface area contributed by atoms with Crippen molar-refractivity contribution in [3.63, 3.8) is 0 Å². The molecule has 5 nitrogen and oxygen atoms in total. The molecule has 2 N–H and O–H groups in total. The molecule has 1 unspecified atom stereocenters. The molecule has 0 amide bonds. The van der Waals surface area contributed by atoms with E-state index in [1.165, 1.54) is 0 Å². The minimum absolute atomic E-state index is 0.0318. The molecule has 0 aliphatic rings. The summed E-state index contributed by atoms with van der Waals surface area (Å²) in [4.78, 5) is 0. The van der Waals surface area contributed by atoms with Gasteiger partial charge < -0.3 is 19.7 Å². The van der Waals surface area contributed by atoms with E-state index in [0.29, 0.717) is 6.54 Å². The fourth-order valence-electron chi connectivity index (χ4n) is 2.32. The maximum atomic E-state index is 10.1. The van der Waals surface area contributed by atoms with Gasteiger partial charge >= 0.3 is 0 Å². The lowest BCUT2D eigenvalue weighted by molar-refractivity contribution is 0.0999. The molecule has 5 heteroatoms. The third-order valence-corrected chi connectivity index (χ3v) is 3.74. The second-order valence-electron chi connectivity index (χ2n) is 7.20. The Morgan fingerprint density at radius 2 is 1.96 bits per heavy atom. The standard InChI is InChI=1S/C20H28N2O3/c1-14-18(15(2)25-22-14)11-10-16-8-6-7-9-19(16)24-13-17(23)12-21-20(3,4)5/h6-11,17,21,23H,12-13H2,1-5H3. The van der Waals surface area contributed by atoms with Gasteiger partial charge in [-0.15, -0.1) is 0 Å². The van der Waals surface area contributed by atoms with Crippen molar-refractivity contribution in [1.82, 2.24) is 10.5 Å². The van der Waals surface area contributed by atoms with Crippen LogP contribution in [0, 0.1) is 13.8 Å². The monoisotopic (exact) mass is 344 g/mol. The summed E-state index contributed by atoms with van der Waals surface area (Å²) in [5.74, 6) is 1.52. The average molecular weight is 344 g/mol. The van der Waals surface area contributed by atoms with E-state index in [-0.39, 0.29) is 12.1 Å². The van der Waals surface area contributed by atoms with Crippen LogP contribution < -0.4 is 10.1 Å². The van der Waals surface area contributed by atoms with Crippen molar-refractivity contribution in [3.05, 3.63) is 46.8 Å². The second kappa shape index (κ2) is 8.32. The SMILES string of the molecule is Cc1noc(C)c1C=Cc1ccccc1OCC(O)CNC(C)(C)C. The van der Waals surface area contributed by atoms with Gasteiger partial charge in [0.2, 0.25) is 0 Å². The van der Waals surface area contributed by atoms with E-state index in [0.717, 1.165) is 28.3 Å². The number of aliphatic hydroxyl groups excluding tert-OH is 1. The van der Waals surface area contributed by atoms with E-state index in [1.807, 2.05) is 50.3 Å². The third kappa shape index (κ3) is 6.03. The van der Waals surface area contributed by atoms with E-state index >= 15 is 0 Å². The van der Waals surface area contributed by atoms with Crippen molar-refractivity contribution < 1.29 is 14.4 Å². The Kier molecular flexibility index (Phi) is 6.39. The summed E-state index contributed by atoms with van der Waals surface area (Å²) >= 11 is 0. The van der Waals surface area contributed by atoms with E-state index in [1.54, 1.807) is 0 Å². The molecular weight excluding hydrogens is 316 g/mol. The summed E-state index contributed by atoms with van der Waals surface area (Å²) in [6, 6.07) is 7.75. The van der Waals surface area contributed by atoms with Crippen LogP contribution in [0.4, 0.5) is 0 Å². The topological polar surface area (TPSA) is 67.5 Å². The predicted molar refractivity (Wildman–Crippen MR) is 101 cm³/mol. The first-order chi connectivity index (χ1) is 11.8. The Morgan fingerprint density at radius 3 is 2.60 bits per heavy atom. The zero-order valence-electron chi connectivity index (χ0n) is 15.7. The molecule has 0 saturated heterocycles. The number of benzene rings is 1. The fourth-order valence-corrected chi connectivity index (χ4v) is 2.32. The Bertz CT molecular complexity index is 694. The van der Waals surface area contributed by atoms with Crippen LogP contribution in [0.1, 0.15) is 43.4 Å². The first-order valence-electron chi connectivity index (χ1n) is 8.52. The molecule has 0 radical (unpaired) electrons. The third-order valence-electron chi connectivity index (χ3n) is 3.74. The van der Waals surface area contributed by atoms with Crippen molar-refractivity contribution in [2.75, 3.05) is 13.2 Å². The molecule has 2 rings (SSSR count). The van der Waals surface area contributed by atoms with Crippen LogP contribution in [0.3, 0.4) is 0 Å². The maximum absolute atomic E-state index is 10.1. The van der Waals surface area contributed by atoms with Gasteiger partial charge in [-0.1, -0.05) is 29.4 Å². The molecule has 1 aromatic heterocycles. The molecule has 1 heterocycles. The molecule has 0 bridgehead atoms. The number of para-hydroxylation sites is 1. The van der Waals surface area contributed by atoms with Gasteiger partial charge in [0, 0.05) is 23.2 Å². The van der Waals surface area contributed by atoms with Crippen LogP contribution >= 0.6 is 0 Å². The van der Waals surface area contributed by atoms with Gasteiger partial charge in [0.05, 0.1) is 5.69 Å². The van der Waals surface area contributed by atoms with Gasteiger partial charge in [-0.3, -0.25) is 0 Å². The van der Waals surface area contributed by atoms with Gasteiger partial charge in [-0.05, 0) is 46.8 Å². The average Bonchev–Trinajstić information content (AvgIpc) is 2.87. The predicted octanol–water partition coefficient (Wildman–Crippen LogP) is 3.59. The molecular formula is C20H28N2O3. The number of β-amino-alcohol motifs (C(OH)–C–C–N with tert-alkyl or cyclic N) is 1. The van der Waals surface area contributed by atoms with Crippen molar-refractivity contribution in [1.29, 1.82) is 0 Å². The fraction of sp³-hybridized carbons (Fsp3) is 0.450. The van der Waals surface area contributed by atoms with Crippen molar-refractivity contribution in [2.24, 2.45) is 0 Å². The number of aromatic nitrogens is 1. The molecule has 1 aromatic carbocycles. The van der Waals surface area contributed by atoms with Crippen LogP contribution in [0.15, 0.2) is 28.8 Å². The molecule has 0 fully saturated rings. The largest absolute Gasteiger partial charge is 0.490 e. The normalized spacial score (nSPS) is 13.4. The van der Waals surface area contributed by atoms with Crippen LogP contribution in [0.5, 0.6) is 5.75 Å². The number of aliphatic hydroxyl groups is 1. The lowest BCUT2D eigenvalue weighted by Crippen LogP contribution is -2.42. The van der Waals surface area contributed by atoms with E-state index < -0.39 is 6.10 Å². The van der Waals surface area contributed by atoms with Crippen LogP contribution in [0.2, 0.25) is 0 Å². The molecule has 0 spiro atoms. The van der Waals surface area contributed by atoms with Crippen molar-refractivity contribution >= 4 is 12.2 Å². The molecule has 1 atom stereocenters. The zero-order chi connectivity index (χ0) is 18.4. The quantitative estimate of drug-likeness (QED) is 0.803. The highest BCUT2D eigenvalue weighted by Crippen LogP contribution is 2.22. The number of hydrogen-bond acceptors (Lipinski definition) is 5. The molecule has 25 heavy (non-hydrogen) atoms. The first kappa shape index (κ1) is 19.2. The Labute approximate surface area is 149 Å². The molecule has 0 aliphatic heterocycles. The lowest BCUT2D eigenvalue weighted by Gasteiger charge is -2.23. The van der Waals surface area contributed by atoms with Gasteiger partial charge in [0.15, 0.2) is 0 Å². The Hall–Kier alpha value is -2.11. The lowest BCUT2D eigenvalue weighted by atomic mass is 10.1. The van der Waals surface area contributed by atoms with E-state index in [4.69, 9.17) is 9.26 Å².